The van der Waals surface area contributed by atoms with Crippen molar-refractivity contribution in [3.8, 4) is 6.07 Å². The van der Waals surface area contributed by atoms with Gasteiger partial charge in [-0.15, -0.1) is 6.58 Å². The monoisotopic (exact) mass is 111 g/mol. The van der Waals surface area contributed by atoms with E-state index in [1.165, 1.54) is 0 Å². The number of nitrogens with zero attached hydrogens (tertiary/aromatic N) is 1. The second kappa shape index (κ2) is 3.23. The fourth-order valence-electron chi connectivity index (χ4n) is 0.376. The van der Waals surface area contributed by atoms with Crippen molar-refractivity contribution in [2.24, 2.45) is 0 Å². The van der Waals surface area contributed by atoms with Crippen LogP contribution >= 0.6 is 0 Å². The molecule has 0 aliphatic rings. The minimum Gasteiger partial charge on any atom is -0.378 e. The predicted molar refractivity (Wildman–Crippen MR) is 31.1 cm³/mol. The average molecular weight is 111 g/mol. The third-order valence-corrected chi connectivity index (χ3v) is 0.691. The maximum Gasteiger partial charge on any atom is 0.144 e. The van der Waals surface area contributed by atoms with E-state index in [0.717, 1.165) is 5.57 Å². The SMILES string of the molecule is C=C(C)C[C@H](O)C#N. The fourth-order valence-corrected chi connectivity index (χ4v) is 0.376. The molecule has 2 heteroatoms. The molecule has 0 saturated heterocycles. The van der Waals surface area contributed by atoms with Crippen molar-refractivity contribution in [3.63, 3.8) is 0 Å². The van der Waals surface area contributed by atoms with E-state index in [2.05, 4.69) is 6.58 Å². The lowest BCUT2D eigenvalue weighted by molar-refractivity contribution is 0.231. The largest absolute Gasteiger partial charge is 0.378 e. The van der Waals surface area contributed by atoms with Crippen LogP contribution in [0.3, 0.4) is 0 Å². The minimum atomic E-state index is -0.868. The zero-order chi connectivity index (χ0) is 6.57. The Hall–Kier alpha value is -0.810. The summed E-state index contributed by atoms with van der Waals surface area (Å²) in [4.78, 5) is 0. The van der Waals surface area contributed by atoms with Gasteiger partial charge in [0, 0.05) is 6.42 Å². The lowest BCUT2D eigenvalue weighted by Crippen LogP contribution is -2.01. The van der Waals surface area contributed by atoms with Crippen LogP contribution < -0.4 is 0 Å². The van der Waals surface area contributed by atoms with E-state index in [1.807, 2.05) is 0 Å². The van der Waals surface area contributed by atoms with Gasteiger partial charge in [-0.2, -0.15) is 5.26 Å². The Morgan fingerprint density at radius 1 is 2.00 bits per heavy atom. The Morgan fingerprint density at radius 3 is 2.62 bits per heavy atom. The zero-order valence-corrected chi connectivity index (χ0v) is 4.89. The molecule has 0 bridgehead atoms. The van der Waals surface area contributed by atoms with Gasteiger partial charge in [-0.3, -0.25) is 0 Å². The molecule has 0 aliphatic heterocycles. The van der Waals surface area contributed by atoms with Crippen LogP contribution in [0.4, 0.5) is 0 Å². The van der Waals surface area contributed by atoms with Gasteiger partial charge in [-0.05, 0) is 6.92 Å². The molecule has 8 heavy (non-hydrogen) atoms. The molecule has 0 amide bonds. The van der Waals surface area contributed by atoms with E-state index >= 15 is 0 Å². The first-order chi connectivity index (χ1) is 3.66. The van der Waals surface area contributed by atoms with Crippen molar-refractivity contribution in [1.82, 2.24) is 0 Å². The standard InChI is InChI=1S/C6H9NO/c1-5(2)3-6(8)4-7/h6,8H,1,3H2,2H3/t6-/m0/s1. The van der Waals surface area contributed by atoms with E-state index < -0.39 is 6.10 Å². The molecule has 0 aromatic rings. The summed E-state index contributed by atoms with van der Waals surface area (Å²) in [5.74, 6) is 0. The summed E-state index contributed by atoms with van der Waals surface area (Å²) in [6.07, 6.45) is -0.483. The first kappa shape index (κ1) is 7.19. The summed E-state index contributed by atoms with van der Waals surface area (Å²) < 4.78 is 0. The summed E-state index contributed by atoms with van der Waals surface area (Å²) in [5, 5.41) is 16.6. The number of aliphatic hydroxyl groups is 1. The molecule has 1 atom stereocenters. The van der Waals surface area contributed by atoms with Gasteiger partial charge in [0.1, 0.15) is 6.10 Å². The Morgan fingerprint density at radius 2 is 2.50 bits per heavy atom. The molecule has 0 fully saturated rings. The van der Waals surface area contributed by atoms with Gasteiger partial charge in [-0.1, -0.05) is 5.57 Å². The highest BCUT2D eigenvalue weighted by atomic mass is 16.3. The molecule has 0 aliphatic carbocycles. The molecule has 0 spiro atoms. The number of hydrogen-bond acceptors (Lipinski definition) is 2. The quantitative estimate of drug-likeness (QED) is 0.424. The maximum atomic E-state index is 8.61. The number of nitriles is 1. The molecule has 0 aromatic heterocycles. The Kier molecular flexibility index (Phi) is 2.90. The molecule has 0 saturated carbocycles. The van der Waals surface area contributed by atoms with Crippen molar-refractivity contribution in [1.29, 1.82) is 5.26 Å². The molecule has 0 aromatic carbocycles. The third-order valence-electron chi connectivity index (χ3n) is 0.691. The van der Waals surface area contributed by atoms with Gasteiger partial charge in [0.15, 0.2) is 0 Å². The van der Waals surface area contributed by atoms with Gasteiger partial charge >= 0.3 is 0 Å². The van der Waals surface area contributed by atoms with Crippen LogP contribution in [0.25, 0.3) is 0 Å². The number of hydrogen-bond donors (Lipinski definition) is 1. The van der Waals surface area contributed by atoms with Gasteiger partial charge in [0.2, 0.25) is 0 Å². The van der Waals surface area contributed by atoms with Gasteiger partial charge in [0.05, 0.1) is 6.07 Å². The van der Waals surface area contributed by atoms with Crippen molar-refractivity contribution in [2.45, 2.75) is 19.4 Å². The Labute approximate surface area is 49.1 Å². The highest BCUT2D eigenvalue weighted by Crippen LogP contribution is 1.98. The maximum absolute atomic E-state index is 8.61. The van der Waals surface area contributed by atoms with Crippen LogP contribution in [-0.2, 0) is 0 Å². The molecule has 0 radical (unpaired) electrons. The molecule has 1 N–H and O–H groups in total. The number of rotatable bonds is 2. The normalized spacial score (nSPS) is 12.1. The van der Waals surface area contributed by atoms with E-state index in [4.69, 9.17) is 10.4 Å². The van der Waals surface area contributed by atoms with Crippen LogP contribution in [0, 0.1) is 11.3 Å². The molecule has 0 heterocycles. The lowest BCUT2D eigenvalue weighted by Gasteiger charge is -1.96. The summed E-state index contributed by atoms with van der Waals surface area (Å²) in [5.41, 5.74) is 0.832. The van der Waals surface area contributed by atoms with Crippen LogP contribution in [0.1, 0.15) is 13.3 Å². The summed E-state index contributed by atoms with van der Waals surface area (Å²) in [6, 6.07) is 1.69. The first-order valence-electron chi connectivity index (χ1n) is 2.39. The van der Waals surface area contributed by atoms with Gasteiger partial charge in [-0.25, -0.2) is 0 Å². The Balaban J connectivity index is 3.43. The van der Waals surface area contributed by atoms with Crippen LogP contribution in [0.15, 0.2) is 12.2 Å². The summed E-state index contributed by atoms with van der Waals surface area (Å²) >= 11 is 0. The smallest absolute Gasteiger partial charge is 0.144 e. The van der Waals surface area contributed by atoms with E-state index in [0.29, 0.717) is 6.42 Å². The first-order valence-corrected chi connectivity index (χ1v) is 2.39. The molecule has 0 rings (SSSR count). The number of aliphatic hydroxyl groups excluding tert-OH is 1. The third kappa shape index (κ3) is 3.38. The van der Waals surface area contributed by atoms with E-state index in [-0.39, 0.29) is 0 Å². The van der Waals surface area contributed by atoms with Crippen molar-refractivity contribution in [2.75, 3.05) is 0 Å². The molecule has 44 valence electrons. The van der Waals surface area contributed by atoms with E-state index in [1.54, 1.807) is 13.0 Å². The highest BCUT2D eigenvalue weighted by Gasteiger charge is 1.98. The molecular weight excluding hydrogens is 102 g/mol. The Bertz CT molecular complexity index is 123. The van der Waals surface area contributed by atoms with Gasteiger partial charge < -0.3 is 5.11 Å². The van der Waals surface area contributed by atoms with Crippen molar-refractivity contribution in [3.05, 3.63) is 12.2 Å². The van der Waals surface area contributed by atoms with Crippen molar-refractivity contribution < 1.29 is 5.11 Å². The van der Waals surface area contributed by atoms with Crippen LogP contribution in [0.2, 0.25) is 0 Å². The summed E-state index contributed by atoms with van der Waals surface area (Å²) in [7, 11) is 0. The van der Waals surface area contributed by atoms with Crippen LogP contribution in [-0.4, -0.2) is 11.2 Å². The average Bonchev–Trinajstić information content (AvgIpc) is 1.65. The van der Waals surface area contributed by atoms with Crippen molar-refractivity contribution >= 4 is 0 Å². The topological polar surface area (TPSA) is 44.0 Å². The minimum absolute atomic E-state index is 0.385. The molecular formula is C6H9NO. The lowest BCUT2D eigenvalue weighted by atomic mass is 10.2. The van der Waals surface area contributed by atoms with Crippen LogP contribution in [0.5, 0.6) is 0 Å². The second-order valence-corrected chi connectivity index (χ2v) is 1.81. The summed E-state index contributed by atoms with van der Waals surface area (Å²) in [6.45, 7) is 5.31. The molecule has 2 nitrogen and oxygen atoms in total. The zero-order valence-electron chi connectivity index (χ0n) is 4.89. The fraction of sp³-hybridized carbons (Fsp3) is 0.500. The van der Waals surface area contributed by atoms with Gasteiger partial charge in [0.25, 0.3) is 0 Å². The second-order valence-electron chi connectivity index (χ2n) is 1.81. The molecule has 0 unspecified atom stereocenters. The highest BCUT2D eigenvalue weighted by molar-refractivity contribution is 4.97. The van der Waals surface area contributed by atoms with E-state index in [9.17, 15) is 0 Å². The predicted octanol–water partition coefficient (Wildman–Crippen LogP) is 0.837.